The SMILES string of the molecule is CCC1(C)NC(=O)C2(CCCC2)N(CC2CCC2)C1=O. The highest BCUT2D eigenvalue weighted by molar-refractivity contribution is 6.02. The molecule has 0 aromatic carbocycles. The molecule has 2 amide bonds. The molecule has 3 aliphatic rings. The van der Waals surface area contributed by atoms with Gasteiger partial charge in [-0.05, 0) is 44.9 Å². The molecule has 1 saturated heterocycles. The fraction of sp³-hybridized carbons (Fsp3) is 0.875. The molecule has 1 atom stereocenters. The van der Waals surface area contributed by atoms with Crippen LogP contribution in [0.3, 0.4) is 0 Å². The van der Waals surface area contributed by atoms with Crippen LogP contribution < -0.4 is 5.32 Å². The number of hydrogen-bond donors (Lipinski definition) is 1. The molecule has 1 N–H and O–H groups in total. The second kappa shape index (κ2) is 4.74. The second-order valence-corrected chi connectivity index (χ2v) is 7.09. The average Bonchev–Trinajstić information content (AvgIpc) is 2.85. The number of piperazine rings is 1. The highest BCUT2D eigenvalue weighted by Gasteiger charge is 2.57. The summed E-state index contributed by atoms with van der Waals surface area (Å²) in [5.74, 6) is 0.857. The van der Waals surface area contributed by atoms with Crippen LogP contribution in [0.1, 0.15) is 65.2 Å². The average molecular weight is 278 g/mol. The van der Waals surface area contributed by atoms with Gasteiger partial charge in [0.2, 0.25) is 11.8 Å². The van der Waals surface area contributed by atoms with Crippen LogP contribution in [0.2, 0.25) is 0 Å². The Morgan fingerprint density at radius 2 is 1.85 bits per heavy atom. The molecule has 3 fully saturated rings. The Bertz CT molecular complexity index is 424. The minimum absolute atomic E-state index is 0.0956. The highest BCUT2D eigenvalue weighted by Crippen LogP contribution is 2.42. The van der Waals surface area contributed by atoms with Crippen molar-refractivity contribution in [2.45, 2.75) is 76.3 Å². The molecule has 2 saturated carbocycles. The van der Waals surface area contributed by atoms with Crippen molar-refractivity contribution in [3.63, 3.8) is 0 Å². The lowest BCUT2D eigenvalue weighted by Crippen LogP contribution is -2.74. The van der Waals surface area contributed by atoms with Crippen molar-refractivity contribution < 1.29 is 9.59 Å². The molecule has 4 nitrogen and oxygen atoms in total. The third kappa shape index (κ3) is 1.87. The number of amides is 2. The maximum atomic E-state index is 13.0. The van der Waals surface area contributed by atoms with Crippen LogP contribution in [0.25, 0.3) is 0 Å². The summed E-state index contributed by atoms with van der Waals surface area (Å²) in [5, 5.41) is 3.03. The second-order valence-electron chi connectivity index (χ2n) is 7.09. The molecular weight excluding hydrogens is 252 g/mol. The summed E-state index contributed by atoms with van der Waals surface area (Å²) >= 11 is 0. The van der Waals surface area contributed by atoms with E-state index in [1.807, 2.05) is 18.7 Å². The molecule has 1 spiro atoms. The predicted octanol–water partition coefficient (Wildman–Crippen LogP) is 2.23. The lowest BCUT2D eigenvalue weighted by Gasteiger charge is -2.51. The number of nitrogens with one attached hydrogen (secondary N) is 1. The van der Waals surface area contributed by atoms with Gasteiger partial charge >= 0.3 is 0 Å². The molecule has 0 aromatic heterocycles. The minimum atomic E-state index is -0.700. The highest BCUT2D eigenvalue weighted by atomic mass is 16.2. The van der Waals surface area contributed by atoms with Gasteiger partial charge in [0.25, 0.3) is 0 Å². The number of rotatable bonds is 3. The largest absolute Gasteiger partial charge is 0.340 e. The van der Waals surface area contributed by atoms with Gasteiger partial charge in [-0.2, -0.15) is 0 Å². The first-order valence-electron chi connectivity index (χ1n) is 8.16. The van der Waals surface area contributed by atoms with E-state index in [0.29, 0.717) is 12.3 Å². The van der Waals surface area contributed by atoms with E-state index in [1.165, 1.54) is 19.3 Å². The monoisotopic (exact) mass is 278 g/mol. The van der Waals surface area contributed by atoms with Gasteiger partial charge in [-0.15, -0.1) is 0 Å². The Balaban J connectivity index is 1.92. The van der Waals surface area contributed by atoms with Crippen molar-refractivity contribution in [2.24, 2.45) is 5.92 Å². The van der Waals surface area contributed by atoms with Crippen LogP contribution in [-0.2, 0) is 9.59 Å². The summed E-state index contributed by atoms with van der Waals surface area (Å²) in [6.45, 7) is 4.65. The molecule has 1 aliphatic heterocycles. The number of carbonyl (C=O) groups excluding carboxylic acids is 2. The third-order valence-electron chi connectivity index (χ3n) is 5.85. The molecule has 1 heterocycles. The maximum absolute atomic E-state index is 13.0. The molecule has 1 unspecified atom stereocenters. The van der Waals surface area contributed by atoms with E-state index in [-0.39, 0.29) is 11.8 Å². The zero-order valence-corrected chi connectivity index (χ0v) is 12.7. The fourth-order valence-corrected chi connectivity index (χ4v) is 3.92. The summed E-state index contributed by atoms with van der Waals surface area (Å²) in [7, 11) is 0. The zero-order chi connectivity index (χ0) is 14.4. The Hall–Kier alpha value is -1.06. The Morgan fingerprint density at radius 3 is 2.35 bits per heavy atom. The first-order valence-corrected chi connectivity index (χ1v) is 8.16. The molecule has 0 bridgehead atoms. The van der Waals surface area contributed by atoms with Crippen molar-refractivity contribution in [2.75, 3.05) is 6.54 Å². The molecule has 2 aliphatic carbocycles. The van der Waals surface area contributed by atoms with Gasteiger partial charge in [0, 0.05) is 6.54 Å². The van der Waals surface area contributed by atoms with Crippen LogP contribution in [0.15, 0.2) is 0 Å². The van der Waals surface area contributed by atoms with Crippen molar-refractivity contribution in [3.8, 4) is 0 Å². The predicted molar refractivity (Wildman–Crippen MR) is 77.1 cm³/mol. The first-order chi connectivity index (χ1) is 9.52. The normalized spacial score (nSPS) is 33.4. The van der Waals surface area contributed by atoms with Crippen molar-refractivity contribution >= 4 is 11.8 Å². The number of carbonyl (C=O) groups is 2. The van der Waals surface area contributed by atoms with Crippen molar-refractivity contribution in [1.82, 2.24) is 10.2 Å². The Labute approximate surface area is 121 Å². The van der Waals surface area contributed by atoms with E-state index in [1.54, 1.807) is 0 Å². The van der Waals surface area contributed by atoms with Gasteiger partial charge in [0.15, 0.2) is 0 Å². The van der Waals surface area contributed by atoms with E-state index in [4.69, 9.17) is 0 Å². The summed E-state index contributed by atoms with van der Waals surface area (Å²) < 4.78 is 0. The van der Waals surface area contributed by atoms with E-state index >= 15 is 0 Å². The standard InChI is InChI=1S/C16H26N2O2/c1-3-15(2)14(20)18(11-12-7-6-8-12)16(13(19)17-15)9-4-5-10-16/h12H,3-11H2,1-2H3,(H,17,19). The van der Waals surface area contributed by atoms with Gasteiger partial charge in [-0.25, -0.2) is 0 Å². The summed E-state index contributed by atoms with van der Waals surface area (Å²) in [5.41, 5.74) is -1.23. The number of nitrogens with zero attached hydrogens (tertiary/aromatic N) is 1. The van der Waals surface area contributed by atoms with Gasteiger partial charge in [0.1, 0.15) is 11.1 Å². The molecule has 3 rings (SSSR count). The molecule has 112 valence electrons. The summed E-state index contributed by atoms with van der Waals surface area (Å²) in [6, 6.07) is 0. The maximum Gasteiger partial charge on any atom is 0.248 e. The van der Waals surface area contributed by atoms with Gasteiger partial charge < -0.3 is 10.2 Å². The molecule has 0 aromatic rings. The van der Waals surface area contributed by atoms with Crippen LogP contribution in [-0.4, -0.2) is 34.3 Å². The molecule has 20 heavy (non-hydrogen) atoms. The minimum Gasteiger partial charge on any atom is -0.340 e. The lowest BCUT2D eigenvalue weighted by molar-refractivity contribution is -0.164. The van der Waals surface area contributed by atoms with Gasteiger partial charge in [-0.1, -0.05) is 26.2 Å². The third-order valence-corrected chi connectivity index (χ3v) is 5.85. The van der Waals surface area contributed by atoms with Gasteiger partial charge in [-0.3, -0.25) is 9.59 Å². The van der Waals surface area contributed by atoms with Crippen molar-refractivity contribution in [3.05, 3.63) is 0 Å². The quantitative estimate of drug-likeness (QED) is 0.860. The van der Waals surface area contributed by atoms with E-state index in [2.05, 4.69) is 5.32 Å². The van der Waals surface area contributed by atoms with E-state index in [9.17, 15) is 9.59 Å². The zero-order valence-electron chi connectivity index (χ0n) is 12.7. The summed E-state index contributed by atoms with van der Waals surface area (Å²) in [4.78, 5) is 27.7. The van der Waals surface area contributed by atoms with Crippen LogP contribution in [0, 0.1) is 5.92 Å². The Morgan fingerprint density at radius 1 is 1.20 bits per heavy atom. The van der Waals surface area contributed by atoms with Crippen molar-refractivity contribution in [1.29, 1.82) is 0 Å². The fourth-order valence-electron chi connectivity index (χ4n) is 3.92. The summed E-state index contributed by atoms with van der Waals surface area (Å²) in [6.07, 6.45) is 8.17. The Kier molecular flexibility index (Phi) is 3.30. The van der Waals surface area contributed by atoms with Crippen LogP contribution in [0.4, 0.5) is 0 Å². The smallest absolute Gasteiger partial charge is 0.248 e. The van der Waals surface area contributed by atoms with E-state index in [0.717, 1.165) is 32.2 Å². The first kappa shape index (κ1) is 13.9. The lowest BCUT2D eigenvalue weighted by atomic mass is 9.79. The number of hydrogen-bond acceptors (Lipinski definition) is 2. The topological polar surface area (TPSA) is 49.4 Å². The van der Waals surface area contributed by atoms with Crippen LogP contribution >= 0.6 is 0 Å². The molecule has 4 heteroatoms. The van der Waals surface area contributed by atoms with E-state index < -0.39 is 11.1 Å². The van der Waals surface area contributed by atoms with Gasteiger partial charge in [0.05, 0.1) is 0 Å². The molecule has 0 radical (unpaired) electrons. The molecular formula is C16H26N2O2. The van der Waals surface area contributed by atoms with Crippen LogP contribution in [0.5, 0.6) is 0 Å².